The summed E-state index contributed by atoms with van der Waals surface area (Å²) in [6.07, 6.45) is 11.3. The Bertz CT molecular complexity index is 510. The molecule has 2 rings (SSSR count). The Morgan fingerprint density at radius 3 is 2.46 bits per heavy atom. The summed E-state index contributed by atoms with van der Waals surface area (Å²) in [5.74, 6) is 0.837. The minimum absolute atomic E-state index is 0.00429. The van der Waals surface area contributed by atoms with E-state index in [2.05, 4.69) is 47.6 Å². The Morgan fingerprint density at radius 2 is 1.85 bits per heavy atom. The van der Waals surface area contributed by atoms with Gasteiger partial charge >= 0.3 is 0 Å². The van der Waals surface area contributed by atoms with Gasteiger partial charge < -0.3 is 4.43 Å². The van der Waals surface area contributed by atoms with Gasteiger partial charge in [-0.15, -0.1) is 0 Å². The number of carbonyl (C=O) groups excluding carboxylic acids is 1. The summed E-state index contributed by atoms with van der Waals surface area (Å²) in [5, 5.41) is 0. The fourth-order valence-corrected chi connectivity index (χ4v) is 8.73. The minimum Gasteiger partial charge on any atom is -0.412 e. The van der Waals surface area contributed by atoms with Crippen LogP contribution in [-0.2, 0) is 9.22 Å². The van der Waals surface area contributed by atoms with E-state index in [1.807, 2.05) is 0 Å². The van der Waals surface area contributed by atoms with Gasteiger partial charge in [-0.2, -0.15) is 0 Å². The van der Waals surface area contributed by atoms with E-state index in [-0.39, 0.29) is 11.0 Å². The third-order valence-electron chi connectivity index (χ3n) is 7.51. The molecule has 0 N–H and O–H groups in total. The second-order valence-corrected chi connectivity index (χ2v) is 14.2. The van der Waals surface area contributed by atoms with Gasteiger partial charge in [-0.05, 0) is 82.3 Å². The number of allylic oxidation sites excluding steroid dienone is 2. The normalized spacial score (nSPS) is 28.6. The van der Waals surface area contributed by atoms with Crippen LogP contribution in [0.1, 0.15) is 92.9 Å². The maximum atomic E-state index is 12.3. The van der Waals surface area contributed by atoms with Crippen molar-refractivity contribution in [2.24, 2.45) is 11.3 Å². The van der Waals surface area contributed by atoms with Crippen LogP contribution in [0.2, 0.25) is 18.1 Å². The quantitative estimate of drug-likeness (QED) is 0.244. The standard InChI is InChI=1S/C23H42O2Si/c1-7-26(8-2,9-3)25-22(4,5)17-11-10-13-19-15-16-20-21(24)14-12-18-23(19,20)6/h13,20H,7-12,14-18H2,1-6H3/b19-13-/t20-,23?/m0/s1. The van der Waals surface area contributed by atoms with Crippen molar-refractivity contribution >= 4 is 14.1 Å². The minimum atomic E-state index is -1.53. The molecule has 3 heteroatoms. The number of hydrogen-bond acceptors (Lipinski definition) is 2. The lowest BCUT2D eigenvalue weighted by molar-refractivity contribution is -0.127. The highest BCUT2D eigenvalue weighted by Gasteiger charge is 2.47. The van der Waals surface area contributed by atoms with E-state index in [4.69, 9.17) is 4.43 Å². The summed E-state index contributed by atoms with van der Waals surface area (Å²) in [5.41, 5.74) is 1.75. The number of hydrogen-bond donors (Lipinski definition) is 0. The van der Waals surface area contributed by atoms with Crippen LogP contribution in [0.5, 0.6) is 0 Å². The highest BCUT2D eigenvalue weighted by Crippen LogP contribution is 2.54. The van der Waals surface area contributed by atoms with Crippen molar-refractivity contribution in [2.75, 3.05) is 0 Å². The molecule has 0 aromatic carbocycles. The van der Waals surface area contributed by atoms with Gasteiger partial charge in [0, 0.05) is 12.3 Å². The van der Waals surface area contributed by atoms with Crippen LogP contribution in [0.15, 0.2) is 11.6 Å². The molecule has 0 spiro atoms. The molecular weight excluding hydrogens is 336 g/mol. The molecule has 0 aromatic rings. The lowest BCUT2D eigenvalue weighted by atomic mass is 9.67. The Labute approximate surface area is 163 Å². The molecule has 0 aliphatic heterocycles. The van der Waals surface area contributed by atoms with E-state index in [1.54, 1.807) is 5.57 Å². The van der Waals surface area contributed by atoms with Gasteiger partial charge in [0.05, 0.1) is 5.60 Å². The summed E-state index contributed by atoms with van der Waals surface area (Å²) >= 11 is 0. The summed E-state index contributed by atoms with van der Waals surface area (Å²) in [4.78, 5) is 12.3. The number of carbonyl (C=O) groups is 1. The molecule has 2 nitrogen and oxygen atoms in total. The molecule has 2 aliphatic rings. The molecule has 2 fully saturated rings. The second-order valence-electron chi connectivity index (χ2n) is 9.56. The van der Waals surface area contributed by atoms with Gasteiger partial charge in [-0.1, -0.05) is 39.3 Å². The molecule has 2 saturated carbocycles. The third-order valence-corrected chi connectivity index (χ3v) is 12.4. The van der Waals surface area contributed by atoms with Gasteiger partial charge in [0.1, 0.15) is 5.78 Å². The molecule has 1 unspecified atom stereocenters. The number of unbranched alkanes of at least 4 members (excludes halogenated alkanes) is 1. The molecule has 0 heterocycles. The largest absolute Gasteiger partial charge is 0.412 e. The molecule has 0 bridgehead atoms. The maximum absolute atomic E-state index is 12.3. The van der Waals surface area contributed by atoms with Crippen LogP contribution in [0.4, 0.5) is 0 Å². The van der Waals surface area contributed by atoms with Crippen LogP contribution in [0.25, 0.3) is 0 Å². The van der Waals surface area contributed by atoms with Crippen molar-refractivity contribution in [2.45, 2.75) is 117 Å². The molecule has 0 aromatic heterocycles. The molecule has 0 radical (unpaired) electrons. The second kappa shape index (κ2) is 8.73. The summed E-state index contributed by atoms with van der Waals surface area (Å²) in [7, 11) is -1.53. The van der Waals surface area contributed by atoms with Crippen molar-refractivity contribution in [1.29, 1.82) is 0 Å². The Morgan fingerprint density at radius 1 is 1.19 bits per heavy atom. The summed E-state index contributed by atoms with van der Waals surface area (Å²) < 4.78 is 6.74. The molecule has 2 atom stereocenters. The Kier molecular flexibility index (Phi) is 7.35. The number of rotatable bonds is 9. The highest BCUT2D eigenvalue weighted by molar-refractivity contribution is 6.73. The molecule has 150 valence electrons. The highest BCUT2D eigenvalue weighted by atomic mass is 28.4. The lowest BCUT2D eigenvalue weighted by Crippen LogP contribution is -2.44. The van der Waals surface area contributed by atoms with Gasteiger partial charge in [-0.25, -0.2) is 0 Å². The molecule has 2 aliphatic carbocycles. The average Bonchev–Trinajstić information content (AvgIpc) is 2.94. The van der Waals surface area contributed by atoms with E-state index >= 15 is 0 Å². The first kappa shape index (κ1) is 21.9. The van der Waals surface area contributed by atoms with Crippen LogP contribution < -0.4 is 0 Å². The zero-order valence-corrected chi connectivity index (χ0v) is 19.2. The van der Waals surface area contributed by atoms with Crippen molar-refractivity contribution in [3.8, 4) is 0 Å². The van der Waals surface area contributed by atoms with Crippen LogP contribution >= 0.6 is 0 Å². The molecule has 26 heavy (non-hydrogen) atoms. The van der Waals surface area contributed by atoms with E-state index in [9.17, 15) is 4.79 Å². The first-order valence-corrected chi connectivity index (χ1v) is 13.7. The summed E-state index contributed by atoms with van der Waals surface area (Å²) in [6.45, 7) is 13.8. The van der Waals surface area contributed by atoms with Crippen molar-refractivity contribution in [3.63, 3.8) is 0 Å². The van der Waals surface area contributed by atoms with Gasteiger partial charge in [0.25, 0.3) is 0 Å². The predicted octanol–water partition coefficient (Wildman–Crippen LogP) is 7.05. The first-order chi connectivity index (χ1) is 12.2. The topological polar surface area (TPSA) is 26.3 Å². The average molecular weight is 379 g/mol. The third kappa shape index (κ3) is 4.70. The van der Waals surface area contributed by atoms with E-state index in [0.29, 0.717) is 11.7 Å². The zero-order chi connectivity index (χ0) is 19.4. The van der Waals surface area contributed by atoms with Gasteiger partial charge in [0.2, 0.25) is 0 Å². The SMILES string of the molecule is CC[Si](CC)(CC)OC(C)(C)CCC/C=C1/CC[C@H]2C(=O)CCCC12C. The smallest absolute Gasteiger partial charge is 0.192 e. The fourth-order valence-electron chi connectivity index (χ4n) is 5.53. The maximum Gasteiger partial charge on any atom is 0.192 e. The molecule has 0 saturated heterocycles. The van der Waals surface area contributed by atoms with Crippen molar-refractivity contribution in [3.05, 3.63) is 11.6 Å². The zero-order valence-electron chi connectivity index (χ0n) is 18.2. The van der Waals surface area contributed by atoms with Crippen molar-refractivity contribution < 1.29 is 9.22 Å². The first-order valence-electron chi connectivity index (χ1n) is 11.1. The number of Topliss-reactive ketones (excluding diaryl/α,β-unsaturated/α-hetero) is 1. The Balaban J connectivity index is 1.89. The lowest BCUT2D eigenvalue weighted by Gasteiger charge is -2.38. The number of ketones is 1. The molecule has 0 amide bonds. The molecular formula is C23H42O2Si. The van der Waals surface area contributed by atoms with Crippen LogP contribution in [-0.4, -0.2) is 19.7 Å². The Hall–Kier alpha value is -0.413. The van der Waals surface area contributed by atoms with E-state index < -0.39 is 8.32 Å². The summed E-state index contributed by atoms with van der Waals surface area (Å²) in [6, 6.07) is 3.67. The fraction of sp³-hybridized carbons (Fsp3) is 0.870. The monoisotopic (exact) mass is 378 g/mol. The van der Waals surface area contributed by atoms with E-state index in [0.717, 1.165) is 38.5 Å². The van der Waals surface area contributed by atoms with Crippen LogP contribution in [0, 0.1) is 11.3 Å². The number of fused-ring (bicyclic) bond motifs is 1. The van der Waals surface area contributed by atoms with Gasteiger partial charge in [0.15, 0.2) is 8.32 Å². The van der Waals surface area contributed by atoms with Crippen LogP contribution in [0.3, 0.4) is 0 Å². The van der Waals surface area contributed by atoms with Crippen molar-refractivity contribution in [1.82, 2.24) is 0 Å². The van der Waals surface area contributed by atoms with Gasteiger partial charge in [-0.3, -0.25) is 4.79 Å². The van der Waals surface area contributed by atoms with E-state index in [1.165, 1.54) is 31.0 Å². The predicted molar refractivity (Wildman–Crippen MR) is 114 cm³/mol.